The minimum Gasteiger partial charge on any atom is -0.461 e. The van der Waals surface area contributed by atoms with Gasteiger partial charge in [-0.3, -0.25) is 19.6 Å². The van der Waals surface area contributed by atoms with Gasteiger partial charge in [-0.05, 0) is 24.3 Å². The zero-order chi connectivity index (χ0) is 20.2. The SMILES string of the molecule is CC(C)C[C@H](N)C(=O)NCC(=O)N(O)CCCC(=O)OCc1ccccc1. The summed E-state index contributed by atoms with van der Waals surface area (Å²) in [5.74, 6) is -1.25. The van der Waals surface area contributed by atoms with E-state index in [0.29, 0.717) is 11.5 Å². The number of hydrogen-bond donors (Lipinski definition) is 3. The van der Waals surface area contributed by atoms with Crippen LogP contribution in [0.5, 0.6) is 0 Å². The van der Waals surface area contributed by atoms with Gasteiger partial charge in [0.2, 0.25) is 5.91 Å². The van der Waals surface area contributed by atoms with E-state index in [-0.39, 0.29) is 38.5 Å². The molecule has 0 bridgehead atoms. The van der Waals surface area contributed by atoms with Crippen LogP contribution in [0.2, 0.25) is 0 Å². The highest BCUT2D eigenvalue weighted by atomic mass is 16.5. The van der Waals surface area contributed by atoms with Gasteiger partial charge in [0.1, 0.15) is 6.61 Å². The zero-order valence-corrected chi connectivity index (χ0v) is 15.9. The number of carbonyl (C=O) groups is 3. The van der Waals surface area contributed by atoms with E-state index in [1.165, 1.54) is 0 Å². The second-order valence-corrected chi connectivity index (χ2v) is 6.72. The number of hydrogen-bond acceptors (Lipinski definition) is 6. The predicted molar refractivity (Wildman–Crippen MR) is 99.4 cm³/mol. The van der Waals surface area contributed by atoms with Gasteiger partial charge in [0, 0.05) is 13.0 Å². The predicted octanol–water partition coefficient (Wildman–Crippen LogP) is 1.22. The first kappa shape index (κ1) is 22.6. The normalized spacial score (nSPS) is 11.7. The van der Waals surface area contributed by atoms with Crippen molar-refractivity contribution in [2.45, 2.75) is 45.8 Å². The van der Waals surface area contributed by atoms with Crippen molar-refractivity contribution >= 4 is 17.8 Å². The number of hydroxylamine groups is 2. The van der Waals surface area contributed by atoms with Crippen LogP contribution in [-0.2, 0) is 25.7 Å². The Morgan fingerprint density at radius 3 is 2.52 bits per heavy atom. The number of amides is 2. The van der Waals surface area contributed by atoms with Crippen molar-refractivity contribution in [1.29, 1.82) is 0 Å². The number of benzene rings is 1. The molecule has 0 aromatic heterocycles. The lowest BCUT2D eigenvalue weighted by Gasteiger charge is -2.17. The van der Waals surface area contributed by atoms with Crippen molar-refractivity contribution < 1.29 is 24.3 Å². The second kappa shape index (κ2) is 12.0. The minimum absolute atomic E-state index is 0.0345. The molecule has 2 amide bonds. The van der Waals surface area contributed by atoms with Crippen LogP contribution in [0, 0.1) is 5.92 Å². The highest BCUT2D eigenvalue weighted by Gasteiger charge is 2.18. The fraction of sp³-hybridized carbons (Fsp3) is 0.526. The first-order valence-electron chi connectivity index (χ1n) is 9.01. The molecule has 1 aromatic carbocycles. The molecule has 0 unspecified atom stereocenters. The van der Waals surface area contributed by atoms with Crippen molar-refractivity contribution in [3.8, 4) is 0 Å². The molecule has 0 fully saturated rings. The number of ether oxygens (including phenoxy) is 1. The van der Waals surface area contributed by atoms with E-state index in [9.17, 15) is 19.6 Å². The van der Waals surface area contributed by atoms with Crippen LogP contribution in [-0.4, -0.2) is 47.2 Å². The Balaban J connectivity index is 2.19. The highest BCUT2D eigenvalue weighted by Crippen LogP contribution is 2.04. The molecule has 0 aliphatic carbocycles. The number of rotatable bonds is 11. The fourth-order valence-corrected chi connectivity index (χ4v) is 2.31. The van der Waals surface area contributed by atoms with Gasteiger partial charge in [0.25, 0.3) is 5.91 Å². The maximum Gasteiger partial charge on any atom is 0.306 e. The summed E-state index contributed by atoms with van der Waals surface area (Å²) in [6.45, 7) is 3.69. The molecular formula is C19H29N3O5. The second-order valence-electron chi connectivity index (χ2n) is 6.72. The average molecular weight is 379 g/mol. The van der Waals surface area contributed by atoms with E-state index in [1.807, 2.05) is 44.2 Å². The third-order valence-corrected chi connectivity index (χ3v) is 3.76. The molecule has 8 nitrogen and oxygen atoms in total. The van der Waals surface area contributed by atoms with Crippen LogP contribution in [0.25, 0.3) is 0 Å². The quantitative estimate of drug-likeness (QED) is 0.302. The van der Waals surface area contributed by atoms with Gasteiger partial charge in [-0.2, -0.15) is 0 Å². The third kappa shape index (κ3) is 9.72. The molecule has 0 aliphatic rings. The third-order valence-electron chi connectivity index (χ3n) is 3.76. The summed E-state index contributed by atoms with van der Waals surface area (Å²) in [5, 5.41) is 12.6. The lowest BCUT2D eigenvalue weighted by molar-refractivity contribution is -0.165. The molecule has 0 saturated carbocycles. The summed E-state index contributed by atoms with van der Waals surface area (Å²) in [6.07, 6.45) is 0.827. The van der Waals surface area contributed by atoms with Crippen molar-refractivity contribution in [3.63, 3.8) is 0 Å². The smallest absolute Gasteiger partial charge is 0.306 e. The number of nitrogens with two attached hydrogens (primary N) is 1. The lowest BCUT2D eigenvalue weighted by Crippen LogP contribution is -2.46. The molecule has 1 atom stereocenters. The van der Waals surface area contributed by atoms with Crippen LogP contribution in [0.1, 0.15) is 38.7 Å². The summed E-state index contributed by atoms with van der Waals surface area (Å²) >= 11 is 0. The van der Waals surface area contributed by atoms with Crippen LogP contribution < -0.4 is 11.1 Å². The van der Waals surface area contributed by atoms with E-state index >= 15 is 0 Å². The molecule has 0 saturated heterocycles. The first-order chi connectivity index (χ1) is 12.8. The van der Waals surface area contributed by atoms with Crippen LogP contribution in [0.4, 0.5) is 0 Å². The molecule has 1 aromatic rings. The zero-order valence-electron chi connectivity index (χ0n) is 15.9. The molecule has 0 aliphatic heterocycles. The van der Waals surface area contributed by atoms with Gasteiger partial charge in [-0.1, -0.05) is 44.2 Å². The van der Waals surface area contributed by atoms with Gasteiger partial charge in [0.15, 0.2) is 0 Å². The van der Waals surface area contributed by atoms with Crippen molar-refractivity contribution in [1.82, 2.24) is 10.4 Å². The van der Waals surface area contributed by atoms with Gasteiger partial charge >= 0.3 is 5.97 Å². The standard InChI is InChI=1S/C19H29N3O5/c1-14(2)11-16(20)19(25)21-12-17(23)22(26)10-6-9-18(24)27-13-15-7-4-3-5-8-15/h3-5,7-8,14,16,26H,6,9-13,20H2,1-2H3,(H,21,25)/t16-/m0/s1. The number of nitrogens with one attached hydrogen (secondary N) is 1. The van der Waals surface area contributed by atoms with Gasteiger partial charge < -0.3 is 15.8 Å². The Labute approximate surface area is 159 Å². The molecule has 8 heteroatoms. The monoisotopic (exact) mass is 379 g/mol. The summed E-state index contributed by atoms with van der Waals surface area (Å²) < 4.78 is 5.11. The van der Waals surface area contributed by atoms with E-state index in [0.717, 1.165) is 5.56 Å². The molecular weight excluding hydrogens is 350 g/mol. The Bertz CT molecular complexity index is 607. The van der Waals surface area contributed by atoms with E-state index in [2.05, 4.69) is 5.32 Å². The molecule has 150 valence electrons. The minimum atomic E-state index is -0.690. The summed E-state index contributed by atoms with van der Waals surface area (Å²) in [6, 6.07) is 8.59. The van der Waals surface area contributed by atoms with Gasteiger partial charge in [-0.15, -0.1) is 0 Å². The summed E-state index contributed by atoms with van der Waals surface area (Å²) in [7, 11) is 0. The molecule has 1 rings (SSSR count). The molecule has 0 heterocycles. The highest BCUT2D eigenvalue weighted by molar-refractivity contribution is 5.86. The number of esters is 1. The molecule has 27 heavy (non-hydrogen) atoms. The Morgan fingerprint density at radius 1 is 1.22 bits per heavy atom. The summed E-state index contributed by atoms with van der Waals surface area (Å²) in [4.78, 5) is 35.2. The van der Waals surface area contributed by atoms with Crippen molar-refractivity contribution in [3.05, 3.63) is 35.9 Å². The summed E-state index contributed by atoms with van der Waals surface area (Å²) in [5.41, 5.74) is 6.60. The van der Waals surface area contributed by atoms with Crippen molar-refractivity contribution in [2.75, 3.05) is 13.1 Å². The maximum absolute atomic E-state index is 11.8. The lowest BCUT2D eigenvalue weighted by atomic mass is 10.0. The Hall–Kier alpha value is -2.45. The van der Waals surface area contributed by atoms with Crippen LogP contribution in [0.3, 0.4) is 0 Å². The van der Waals surface area contributed by atoms with Crippen LogP contribution >= 0.6 is 0 Å². The molecule has 0 spiro atoms. The largest absolute Gasteiger partial charge is 0.461 e. The van der Waals surface area contributed by atoms with Gasteiger partial charge in [-0.25, -0.2) is 5.06 Å². The Morgan fingerprint density at radius 2 is 1.89 bits per heavy atom. The number of nitrogens with zero attached hydrogens (tertiary/aromatic N) is 1. The van der Waals surface area contributed by atoms with Crippen molar-refractivity contribution in [2.24, 2.45) is 11.7 Å². The topological polar surface area (TPSA) is 122 Å². The first-order valence-corrected chi connectivity index (χ1v) is 9.01. The Kier molecular flexibility index (Phi) is 10.1. The fourth-order valence-electron chi connectivity index (χ4n) is 2.31. The average Bonchev–Trinajstić information content (AvgIpc) is 2.64. The van der Waals surface area contributed by atoms with E-state index in [1.54, 1.807) is 0 Å². The van der Waals surface area contributed by atoms with E-state index < -0.39 is 23.8 Å². The maximum atomic E-state index is 11.8. The molecule has 4 N–H and O–H groups in total. The van der Waals surface area contributed by atoms with Crippen LogP contribution in [0.15, 0.2) is 30.3 Å². The van der Waals surface area contributed by atoms with Gasteiger partial charge in [0.05, 0.1) is 12.6 Å². The molecule has 0 radical (unpaired) electrons. The van der Waals surface area contributed by atoms with E-state index in [4.69, 9.17) is 10.5 Å². The number of carbonyl (C=O) groups excluding carboxylic acids is 3.